The highest BCUT2D eigenvalue weighted by molar-refractivity contribution is 5.91. The summed E-state index contributed by atoms with van der Waals surface area (Å²) >= 11 is 0. The fourth-order valence-corrected chi connectivity index (χ4v) is 1.74. The summed E-state index contributed by atoms with van der Waals surface area (Å²) in [4.78, 5) is 11.8. The van der Waals surface area contributed by atoms with Crippen molar-refractivity contribution in [2.45, 2.75) is 33.6 Å². The van der Waals surface area contributed by atoms with Crippen molar-refractivity contribution in [1.82, 2.24) is 0 Å². The number of benzene rings is 1. The minimum Gasteiger partial charge on any atom is -0.384 e. The minimum absolute atomic E-state index is 0.0287. The molecule has 0 fully saturated rings. The van der Waals surface area contributed by atoms with Crippen molar-refractivity contribution >= 4 is 11.6 Å². The number of amides is 1. The van der Waals surface area contributed by atoms with Gasteiger partial charge in [-0.25, -0.2) is 0 Å². The summed E-state index contributed by atoms with van der Waals surface area (Å²) in [7, 11) is 0. The monoisotopic (exact) mass is 259 g/mol. The van der Waals surface area contributed by atoms with E-state index in [2.05, 4.69) is 31.0 Å². The number of nitrogens with one attached hydrogen (secondary N) is 1. The molecule has 1 unspecified atom stereocenters. The number of carbonyl (C=O) groups excluding carboxylic acids is 1. The molecule has 3 nitrogen and oxygen atoms in total. The summed E-state index contributed by atoms with van der Waals surface area (Å²) in [5.41, 5.74) is 2.59. The quantitative estimate of drug-likeness (QED) is 0.817. The van der Waals surface area contributed by atoms with E-state index in [1.54, 1.807) is 0 Å². The van der Waals surface area contributed by atoms with Crippen LogP contribution in [0.2, 0.25) is 0 Å². The highest BCUT2D eigenvalue weighted by Crippen LogP contribution is 2.15. The summed E-state index contributed by atoms with van der Waals surface area (Å²) in [5, 5.41) is 11.6. The summed E-state index contributed by atoms with van der Waals surface area (Å²) in [6, 6.07) is 5.66. The number of aliphatic hydroxyl groups is 1. The van der Waals surface area contributed by atoms with Gasteiger partial charge in [-0.2, -0.15) is 0 Å². The fraction of sp³-hybridized carbons (Fsp3) is 0.438. The second-order valence-electron chi connectivity index (χ2n) is 4.81. The predicted molar refractivity (Wildman–Crippen MR) is 77.8 cm³/mol. The van der Waals surface area contributed by atoms with Gasteiger partial charge in [0.15, 0.2) is 0 Å². The molecule has 102 valence electrons. The molecule has 1 atom stereocenters. The van der Waals surface area contributed by atoms with Gasteiger partial charge in [-0.05, 0) is 36.6 Å². The van der Waals surface area contributed by atoms with E-state index in [0.717, 1.165) is 23.2 Å². The van der Waals surface area contributed by atoms with Crippen molar-refractivity contribution in [3.05, 3.63) is 29.3 Å². The van der Waals surface area contributed by atoms with Crippen molar-refractivity contribution in [2.24, 2.45) is 5.92 Å². The van der Waals surface area contributed by atoms with Crippen LogP contribution < -0.4 is 5.32 Å². The van der Waals surface area contributed by atoms with Crippen LogP contribution in [0.3, 0.4) is 0 Å². The van der Waals surface area contributed by atoms with Crippen LogP contribution in [0.1, 0.15) is 37.8 Å². The van der Waals surface area contributed by atoms with E-state index in [1.165, 1.54) is 0 Å². The summed E-state index contributed by atoms with van der Waals surface area (Å²) in [6.07, 6.45) is 1.52. The summed E-state index contributed by atoms with van der Waals surface area (Å²) < 4.78 is 0. The smallest absolute Gasteiger partial charge is 0.224 e. The van der Waals surface area contributed by atoms with Gasteiger partial charge in [0, 0.05) is 17.7 Å². The standard InChI is InChI=1S/C16H21NO2/c1-4-12(2)10-16(19)17-15-9-13(3)8-14(11-15)6-5-7-18/h8-9,11-12,18H,4,7,10H2,1-3H3,(H,17,19). The minimum atomic E-state index is -0.163. The van der Waals surface area contributed by atoms with Crippen LogP contribution in [0, 0.1) is 24.7 Å². The van der Waals surface area contributed by atoms with E-state index < -0.39 is 0 Å². The number of rotatable bonds is 4. The molecular weight excluding hydrogens is 238 g/mol. The van der Waals surface area contributed by atoms with E-state index in [4.69, 9.17) is 5.11 Å². The molecule has 1 rings (SSSR count). The Balaban J connectivity index is 2.78. The fourth-order valence-electron chi connectivity index (χ4n) is 1.74. The zero-order valence-corrected chi connectivity index (χ0v) is 11.8. The molecule has 0 bridgehead atoms. The maximum absolute atomic E-state index is 11.8. The van der Waals surface area contributed by atoms with Crippen LogP contribution in [0.15, 0.2) is 18.2 Å². The molecule has 0 aliphatic carbocycles. The van der Waals surface area contributed by atoms with Crippen molar-refractivity contribution in [2.75, 3.05) is 11.9 Å². The van der Waals surface area contributed by atoms with E-state index >= 15 is 0 Å². The Morgan fingerprint density at radius 1 is 1.42 bits per heavy atom. The van der Waals surface area contributed by atoms with E-state index in [-0.39, 0.29) is 12.5 Å². The number of hydrogen-bond acceptors (Lipinski definition) is 2. The Kier molecular flexibility index (Phi) is 6.11. The zero-order valence-electron chi connectivity index (χ0n) is 11.8. The van der Waals surface area contributed by atoms with Gasteiger partial charge in [0.1, 0.15) is 6.61 Å². The van der Waals surface area contributed by atoms with Crippen LogP contribution in [0.25, 0.3) is 0 Å². The molecule has 1 aromatic rings. The topological polar surface area (TPSA) is 49.3 Å². The van der Waals surface area contributed by atoms with Gasteiger partial charge in [0.2, 0.25) is 5.91 Å². The highest BCUT2D eigenvalue weighted by atomic mass is 16.2. The molecule has 1 amide bonds. The Morgan fingerprint density at radius 2 is 2.16 bits per heavy atom. The molecule has 0 aromatic heterocycles. The molecule has 0 aliphatic heterocycles. The molecule has 0 heterocycles. The van der Waals surface area contributed by atoms with Crippen LogP contribution in [0.4, 0.5) is 5.69 Å². The number of hydrogen-bond donors (Lipinski definition) is 2. The summed E-state index contributed by atoms with van der Waals surface area (Å²) in [5.74, 6) is 5.87. The van der Waals surface area contributed by atoms with E-state index in [0.29, 0.717) is 12.3 Å². The third-order valence-corrected chi connectivity index (χ3v) is 2.90. The van der Waals surface area contributed by atoms with Gasteiger partial charge in [-0.3, -0.25) is 4.79 Å². The Labute approximate surface area is 115 Å². The zero-order chi connectivity index (χ0) is 14.3. The van der Waals surface area contributed by atoms with Crippen LogP contribution in [-0.4, -0.2) is 17.6 Å². The normalized spacial score (nSPS) is 11.4. The van der Waals surface area contributed by atoms with Gasteiger partial charge in [-0.1, -0.05) is 32.1 Å². The molecule has 3 heteroatoms. The average Bonchev–Trinajstić information content (AvgIpc) is 2.35. The Bertz CT molecular complexity index is 497. The second kappa shape index (κ2) is 7.60. The lowest BCUT2D eigenvalue weighted by Crippen LogP contribution is -2.14. The SMILES string of the molecule is CCC(C)CC(=O)Nc1cc(C)cc(C#CCO)c1. The first-order chi connectivity index (χ1) is 9.05. The van der Waals surface area contributed by atoms with Crippen LogP contribution >= 0.6 is 0 Å². The highest BCUT2D eigenvalue weighted by Gasteiger charge is 2.08. The van der Waals surface area contributed by atoms with Gasteiger partial charge < -0.3 is 10.4 Å². The molecule has 19 heavy (non-hydrogen) atoms. The number of carbonyl (C=O) groups is 1. The molecule has 0 aliphatic rings. The third kappa shape index (κ3) is 5.58. The van der Waals surface area contributed by atoms with Crippen LogP contribution in [0.5, 0.6) is 0 Å². The first kappa shape index (κ1) is 15.3. The first-order valence-corrected chi connectivity index (χ1v) is 6.56. The van der Waals surface area contributed by atoms with E-state index in [9.17, 15) is 4.79 Å². The van der Waals surface area contributed by atoms with E-state index in [1.807, 2.05) is 25.1 Å². The predicted octanol–water partition coefficient (Wildman–Crippen LogP) is 2.71. The molecule has 1 aromatic carbocycles. The lowest BCUT2D eigenvalue weighted by Gasteiger charge is -2.10. The first-order valence-electron chi connectivity index (χ1n) is 6.56. The van der Waals surface area contributed by atoms with Gasteiger partial charge in [0.05, 0.1) is 0 Å². The largest absolute Gasteiger partial charge is 0.384 e. The third-order valence-electron chi connectivity index (χ3n) is 2.90. The molecule has 2 N–H and O–H groups in total. The van der Waals surface area contributed by atoms with Gasteiger partial charge in [0.25, 0.3) is 0 Å². The Morgan fingerprint density at radius 3 is 2.79 bits per heavy atom. The summed E-state index contributed by atoms with van der Waals surface area (Å²) in [6.45, 7) is 5.93. The average molecular weight is 259 g/mol. The van der Waals surface area contributed by atoms with Gasteiger partial charge >= 0.3 is 0 Å². The van der Waals surface area contributed by atoms with Crippen molar-refractivity contribution in [3.63, 3.8) is 0 Å². The lowest BCUT2D eigenvalue weighted by molar-refractivity contribution is -0.117. The van der Waals surface area contributed by atoms with Gasteiger partial charge in [-0.15, -0.1) is 0 Å². The Hall–Kier alpha value is -1.79. The molecule has 0 radical (unpaired) electrons. The molecule has 0 spiro atoms. The second-order valence-corrected chi connectivity index (χ2v) is 4.81. The van der Waals surface area contributed by atoms with Crippen molar-refractivity contribution in [3.8, 4) is 11.8 Å². The van der Waals surface area contributed by atoms with Crippen LogP contribution in [-0.2, 0) is 4.79 Å². The molecule has 0 saturated heterocycles. The molecule has 0 saturated carbocycles. The lowest BCUT2D eigenvalue weighted by atomic mass is 10.0. The maximum Gasteiger partial charge on any atom is 0.224 e. The maximum atomic E-state index is 11.8. The number of aryl methyl sites for hydroxylation is 1. The number of aliphatic hydroxyl groups excluding tert-OH is 1. The number of anilines is 1. The van der Waals surface area contributed by atoms with Crippen molar-refractivity contribution in [1.29, 1.82) is 0 Å². The molecular formula is C16H21NO2. The van der Waals surface area contributed by atoms with Crippen molar-refractivity contribution < 1.29 is 9.90 Å².